The average Bonchev–Trinajstić information content (AvgIpc) is 2.81. The summed E-state index contributed by atoms with van der Waals surface area (Å²) in [6.07, 6.45) is 4.33. The summed E-state index contributed by atoms with van der Waals surface area (Å²) in [7, 11) is 2.06. The smallest absolute Gasteiger partial charge is 0.165 e. The molecule has 0 spiro atoms. The Morgan fingerprint density at radius 2 is 1.76 bits per heavy atom. The maximum atomic E-state index is 12.3. The molecule has 4 rings (SSSR count). The van der Waals surface area contributed by atoms with E-state index in [-0.39, 0.29) is 5.41 Å². The second-order valence-corrected chi connectivity index (χ2v) is 9.94. The van der Waals surface area contributed by atoms with Gasteiger partial charge in [-0.3, -0.25) is 9.97 Å². The van der Waals surface area contributed by atoms with E-state index in [0.29, 0.717) is 16.8 Å². The highest BCUT2D eigenvalue weighted by atomic mass is 16.3. The van der Waals surface area contributed by atoms with Gasteiger partial charge in [-0.15, -0.1) is 0 Å². The molecule has 3 aromatic rings. The molecular formula is C29H33N3O2. The summed E-state index contributed by atoms with van der Waals surface area (Å²) >= 11 is 0. The Balaban J connectivity index is 1.75. The summed E-state index contributed by atoms with van der Waals surface area (Å²) in [6, 6.07) is 15.6. The lowest BCUT2D eigenvalue weighted by Gasteiger charge is -2.55. The van der Waals surface area contributed by atoms with E-state index in [1.807, 2.05) is 37.3 Å². The number of pyridine rings is 2. The van der Waals surface area contributed by atoms with Crippen LogP contribution in [0.3, 0.4) is 0 Å². The summed E-state index contributed by atoms with van der Waals surface area (Å²) in [5, 5.41) is 23.2. The summed E-state index contributed by atoms with van der Waals surface area (Å²) in [5.41, 5.74) is 1.73. The first-order valence-electron chi connectivity index (χ1n) is 11.7. The van der Waals surface area contributed by atoms with Gasteiger partial charge in [-0.25, -0.2) is 0 Å². The van der Waals surface area contributed by atoms with Gasteiger partial charge in [0.15, 0.2) is 5.60 Å². The molecule has 0 amide bonds. The molecule has 0 saturated carbocycles. The van der Waals surface area contributed by atoms with Crippen molar-refractivity contribution >= 4 is 0 Å². The average molecular weight is 456 g/mol. The monoisotopic (exact) mass is 455 g/mol. The van der Waals surface area contributed by atoms with Crippen LogP contribution < -0.4 is 0 Å². The predicted octanol–water partition coefficient (Wildman–Crippen LogP) is 3.79. The van der Waals surface area contributed by atoms with E-state index in [0.717, 1.165) is 30.8 Å². The van der Waals surface area contributed by atoms with Crippen LogP contribution in [0.5, 0.6) is 0 Å². The normalized spacial score (nSPS) is 18.7. The number of aryl methyl sites for hydroxylation is 2. The van der Waals surface area contributed by atoms with E-state index >= 15 is 0 Å². The Bertz CT molecular complexity index is 1230. The van der Waals surface area contributed by atoms with Gasteiger partial charge in [0.2, 0.25) is 0 Å². The highest BCUT2D eigenvalue weighted by molar-refractivity contribution is 5.45. The first-order valence-corrected chi connectivity index (χ1v) is 11.7. The van der Waals surface area contributed by atoms with Crippen molar-refractivity contribution in [3.8, 4) is 11.8 Å². The Morgan fingerprint density at radius 1 is 1.06 bits per heavy atom. The second-order valence-electron chi connectivity index (χ2n) is 9.94. The van der Waals surface area contributed by atoms with Crippen LogP contribution in [0.15, 0.2) is 60.9 Å². The maximum absolute atomic E-state index is 12.3. The lowest BCUT2D eigenvalue weighted by molar-refractivity contribution is -0.127. The van der Waals surface area contributed by atoms with Crippen LogP contribution in [0.25, 0.3) is 0 Å². The van der Waals surface area contributed by atoms with Gasteiger partial charge in [-0.2, -0.15) is 0 Å². The molecule has 2 unspecified atom stereocenters. The van der Waals surface area contributed by atoms with Crippen molar-refractivity contribution in [3.63, 3.8) is 0 Å². The van der Waals surface area contributed by atoms with Gasteiger partial charge < -0.3 is 15.1 Å². The minimum Gasteiger partial charge on any atom is -0.380 e. The zero-order chi connectivity index (χ0) is 24.6. The van der Waals surface area contributed by atoms with E-state index in [1.165, 1.54) is 5.56 Å². The molecule has 1 aliphatic rings. The van der Waals surface area contributed by atoms with Crippen LogP contribution >= 0.6 is 0 Å². The SMILES string of the molecule is CCc1ccc(C(O)(c2cncc(C#CC(C)(O)c3cccc(C)n3)c2)C2(C)CN(C)C2)cc1. The Labute approximate surface area is 202 Å². The molecule has 0 aliphatic carbocycles. The summed E-state index contributed by atoms with van der Waals surface area (Å²) in [4.78, 5) is 11.0. The lowest BCUT2D eigenvalue weighted by atomic mass is 9.62. The molecule has 1 aliphatic heterocycles. The van der Waals surface area contributed by atoms with Crippen LogP contribution in [-0.2, 0) is 17.6 Å². The fraction of sp³-hybridized carbons (Fsp3) is 0.379. The van der Waals surface area contributed by atoms with Crippen LogP contribution in [0, 0.1) is 24.2 Å². The molecule has 1 saturated heterocycles. The van der Waals surface area contributed by atoms with Crippen LogP contribution in [0.4, 0.5) is 0 Å². The molecule has 2 atom stereocenters. The highest BCUT2D eigenvalue weighted by Gasteiger charge is 2.55. The van der Waals surface area contributed by atoms with Gasteiger partial charge in [0.05, 0.1) is 5.69 Å². The van der Waals surface area contributed by atoms with Crippen molar-refractivity contribution in [2.75, 3.05) is 20.1 Å². The fourth-order valence-corrected chi connectivity index (χ4v) is 5.00. The predicted molar refractivity (Wildman–Crippen MR) is 134 cm³/mol. The summed E-state index contributed by atoms with van der Waals surface area (Å²) < 4.78 is 0. The van der Waals surface area contributed by atoms with Gasteiger partial charge in [-0.05, 0) is 56.6 Å². The third kappa shape index (κ3) is 4.37. The number of aliphatic hydroxyl groups is 2. The molecular weight excluding hydrogens is 422 g/mol. The molecule has 1 aromatic carbocycles. The van der Waals surface area contributed by atoms with E-state index < -0.39 is 11.2 Å². The van der Waals surface area contributed by atoms with E-state index in [2.05, 4.69) is 59.7 Å². The molecule has 0 radical (unpaired) electrons. The standard InChI is InChI=1S/C29H33N3O2/c1-6-22-10-12-24(13-11-22)29(34,27(3)19-32(5)20-27)25-16-23(17-30-18-25)14-15-28(4,33)26-9-7-8-21(2)31-26/h7-13,16-18,33-34H,6,19-20H2,1-5H3. The second kappa shape index (κ2) is 8.96. The third-order valence-corrected chi connectivity index (χ3v) is 6.88. The first kappa shape index (κ1) is 24.1. The van der Waals surface area contributed by atoms with E-state index in [4.69, 9.17) is 0 Å². The number of rotatable bonds is 5. The molecule has 176 valence electrons. The minimum atomic E-state index is -1.41. The molecule has 3 heterocycles. The van der Waals surface area contributed by atoms with Crippen molar-refractivity contribution in [1.29, 1.82) is 0 Å². The van der Waals surface area contributed by atoms with Crippen molar-refractivity contribution < 1.29 is 10.2 Å². The summed E-state index contributed by atoms with van der Waals surface area (Å²) in [5.74, 6) is 6.00. The van der Waals surface area contributed by atoms with E-state index in [9.17, 15) is 10.2 Å². The van der Waals surface area contributed by atoms with Crippen molar-refractivity contribution in [3.05, 3.63) is 94.6 Å². The van der Waals surface area contributed by atoms with E-state index in [1.54, 1.807) is 25.4 Å². The van der Waals surface area contributed by atoms with Gasteiger partial charge in [0.25, 0.3) is 0 Å². The zero-order valence-corrected chi connectivity index (χ0v) is 20.6. The Kier molecular flexibility index (Phi) is 6.35. The molecule has 1 fully saturated rings. The largest absolute Gasteiger partial charge is 0.380 e. The number of likely N-dealkylation sites (tertiary alicyclic amines) is 1. The number of nitrogens with zero attached hydrogens (tertiary/aromatic N) is 3. The van der Waals surface area contributed by atoms with Crippen molar-refractivity contribution in [1.82, 2.24) is 14.9 Å². The topological polar surface area (TPSA) is 69.5 Å². The number of hydrogen-bond acceptors (Lipinski definition) is 5. The molecule has 34 heavy (non-hydrogen) atoms. The van der Waals surface area contributed by atoms with Crippen molar-refractivity contribution in [2.45, 2.75) is 45.3 Å². The number of aromatic nitrogens is 2. The van der Waals surface area contributed by atoms with Crippen molar-refractivity contribution in [2.24, 2.45) is 5.41 Å². The number of hydrogen-bond donors (Lipinski definition) is 2. The third-order valence-electron chi connectivity index (χ3n) is 6.88. The molecule has 2 N–H and O–H groups in total. The fourth-order valence-electron chi connectivity index (χ4n) is 5.00. The van der Waals surface area contributed by atoms with Gasteiger partial charge in [0, 0.05) is 47.7 Å². The Morgan fingerprint density at radius 3 is 2.38 bits per heavy atom. The van der Waals surface area contributed by atoms with Gasteiger partial charge in [0.1, 0.15) is 5.60 Å². The number of benzene rings is 1. The van der Waals surface area contributed by atoms with Crippen LogP contribution in [0.1, 0.15) is 54.4 Å². The van der Waals surface area contributed by atoms with Gasteiger partial charge >= 0.3 is 0 Å². The molecule has 0 bridgehead atoms. The Hall–Kier alpha value is -3.04. The molecule has 5 heteroatoms. The van der Waals surface area contributed by atoms with Crippen LogP contribution in [-0.4, -0.2) is 45.2 Å². The zero-order valence-electron chi connectivity index (χ0n) is 20.6. The highest BCUT2D eigenvalue weighted by Crippen LogP contribution is 2.50. The summed E-state index contributed by atoms with van der Waals surface area (Å²) in [6.45, 7) is 9.29. The quantitative estimate of drug-likeness (QED) is 0.573. The van der Waals surface area contributed by atoms with Crippen LogP contribution in [0.2, 0.25) is 0 Å². The first-order chi connectivity index (χ1) is 16.1. The van der Waals surface area contributed by atoms with Gasteiger partial charge in [-0.1, -0.05) is 56.0 Å². The maximum Gasteiger partial charge on any atom is 0.165 e. The molecule has 2 aromatic heterocycles. The lowest BCUT2D eigenvalue weighted by Crippen LogP contribution is -2.63. The minimum absolute atomic E-state index is 0.375. The molecule has 5 nitrogen and oxygen atoms in total.